The van der Waals surface area contributed by atoms with Crippen LogP contribution in [0.2, 0.25) is 52.4 Å². The predicted molar refractivity (Wildman–Crippen MR) is 323 cm³/mol. The van der Waals surface area contributed by atoms with Crippen LogP contribution in [0.15, 0.2) is 0 Å². The molecule has 1 aliphatic heterocycles. The van der Waals surface area contributed by atoms with Gasteiger partial charge in [0.25, 0.3) is 0 Å². The SMILES string of the molecule is CCCCCCCCO[Si](C)(C)O[Si](C)(C)OC(CCCCCCC)OCCCCCCN(CCCCCCOC(CCCCCCC)O[Si](C)(C)O[Si](C)(C)OCCCCCCCC)CCC1CCCN1C. The Morgan fingerprint density at radius 2 is 0.753 bits per heavy atom. The van der Waals surface area contributed by atoms with Gasteiger partial charge in [0.15, 0.2) is 0 Å². The molecule has 14 heteroatoms. The van der Waals surface area contributed by atoms with Crippen molar-refractivity contribution in [2.24, 2.45) is 0 Å². The molecule has 1 aliphatic rings. The lowest BCUT2D eigenvalue weighted by molar-refractivity contribution is -0.101. The van der Waals surface area contributed by atoms with Crippen LogP contribution in [-0.2, 0) is 35.4 Å². The van der Waals surface area contributed by atoms with Crippen LogP contribution in [0.1, 0.15) is 252 Å². The van der Waals surface area contributed by atoms with E-state index in [0.29, 0.717) is 0 Å². The van der Waals surface area contributed by atoms with Crippen molar-refractivity contribution in [2.75, 3.05) is 59.7 Å². The molecule has 0 saturated carbocycles. The van der Waals surface area contributed by atoms with E-state index < -0.39 is 34.2 Å². The first-order chi connectivity index (χ1) is 35.0. The van der Waals surface area contributed by atoms with E-state index in [4.69, 9.17) is 35.4 Å². The van der Waals surface area contributed by atoms with E-state index in [9.17, 15) is 0 Å². The molecule has 0 aromatic heterocycles. The van der Waals surface area contributed by atoms with Crippen LogP contribution < -0.4 is 0 Å². The number of hydrogen-bond donors (Lipinski definition) is 0. The zero-order valence-electron chi connectivity index (χ0n) is 51.3. The Bertz CT molecular complexity index is 1150. The monoisotopic (exact) mass is 1100 g/mol. The number of unbranched alkanes of at least 4 members (excludes halogenated alkanes) is 24. The highest BCUT2D eigenvalue weighted by Crippen LogP contribution is 2.25. The zero-order chi connectivity index (χ0) is 53.9. The second kappa shape index (κ2) is 45.2. The fraction of sp³-hybridized carbons (Fsp3) is 1.00. The van der Waals surface area contributed by atoms with E-state index in [2.05, 4.69) is 96.9 Å². The van der Waals surface area contributed by atoms with Crippen molar-refractivity contribution in [3.63, 3.8) is 0 Å². The molecule has 0 bridgehead atoms. The van der Waals surface area contributed by atoms with Crippen molar-refractivity contribution in [2.45, 2.75) is 323 Å². The smallest absolute Gasteiger partial charge is 0.324 e. The Balaban J connectivity index is 2.63. The second-order valence-electron chi connectivity index (χ2n) is 24.0. The summed E-state index contributed by atoms with van der Waals surface area (Å²) in [7, 11) is -7.16. The topological polar surface area (TPSA) is 80.3 Å². The minimum atomic E-state index is -2.45. The molecule has 0 N–H and O–H groups in total. The first kappa shape index (κ1) is 71.5. The van der Waals surface area contributed by atoms with E-state index in [1.165, 1.54) is 200 Å². The van der Waals surface area contributed by atoms with E-state index in [0.717, 1.165) is 83.8 Å². The van der Waals surface area contributed by atoms with E-state index in [1.54, 1.807) is 0 Å². The fourth-order valence-electron chi connectivity index (χ4n) is 10.5. The molecule has 0 aliphatic carbocycles. The summed E-state index contributed by atoms with van der Waals surface area (Å²) in [5.41, 5.74) is 0. The Labute approximate surface area is 460 Å². The molecule has 0 radical (unpaired) electrons. The lowest BCUT2D eigenvalue weighted by atomic mass is 10.1. The van der Waals surface area contributed by atoms with Crippen molar-refractivity contribution in [1.82, 2.24) is 9.80 Å². The van der Waals surface area contributed by atoms with Crippen LogP contribution in [0.5, 0.6) is 0 Å². The molecular formula is C59H128N2O8Si4. The van der Waals surface area contributed by atoms with Gasteiger partial charge in [0, 0.05) is 32.5 Å². The summed E-state index contributed by atoms with van der Waals surface area (Å²) in [5, 5.41) is 0. The molecule has 73 heavy (non-hydrogen) atoms. The summed E-state index contributed by atoms with van der Waals surface area (Å²) < 4.78 is 52.9. The second-order valence-corrected chi connectivity index (χ2v) is 37.9. The molecule has 10 nitrogen and oxygen atoms in total. The summed E-state index contributed by atoms with van der Waals surface area (Å²) in [5.74, 6) is 0. The quantitative estimate of drug-likeness (QED) is 0.0334. The lowest BCUT2D eigenvalue weighted by Gasteiger charge is -2.35. The first-order valence-corrected chi connectivity index (χ1v) is 42.9. The van der Waals surface area contributed by atoms with Gasteiger partial charge in [0.1, 0.15) is 12.6 Å². The Kier molecular flexibility index (Phi) is 44.3. The minimum Gasteiger partial charge on any atom is -0.415 e. The normalized spacial score (nSPS) is 16.1. The third-order valence-electron chi connectivity index (χ3n) is 14.6. The highest BCUT2D eigenvalue weighted by atomic mass is 28.5. The van der Waals surface area contributed by atoms with Crippen molar-refractivity contribution in [3.05, 3.63) is 0 Å². The van der Waals surface area contributed by atoms with Crippen molar-refractivity contribution in [3.8, 4) is 0 Å². The van der Waals surface area contributed by atoms with Crippen LogP contribution in [0, 0.1) is 0 Å². The van der Waals surface area contributed by atoms with E-state index in [-0.39, 0.29) is 12.6 Å². The van der Waals surface area contributed by atoms with Crippen LogP contribution in [-0.4, -0.2) is 122 Å². The Hall–Kier alpha value is 0.468. The van der Waals surface area contributed by atoms with Crippen molar-refractivity contribution in [1.29, 1.82) is 0 Å². The molecule has 438 valence electrons. The van der Waals surface area contributed by atoms with Crippen LogP contribution in [0.3, 0.4) is 0 Å². The molecule has 0 amide bonds. The standard InChI is InChI=1S/C59H128N2O8Si4/c1-14-18-22-26-32-42-55-64-70(6,7)68-72(10,11)66-58(46-36-28-24-20-16-3)62-53-40-34-30-38-50-61(52-48-57-45-44-49-60(57)5)51-39-31-35-41-54-63-59(47-37-29-25-21-17-4)67-73(12,13)69-71(8,9)65-56-43-33-27-23-19-15-2/h57-59H,14-56H2,1-13H3. The van der Waals surface area contributed by atoms with Crippen LogP contribution >= 0.6 is 0 Å². The number of rotatable bonds is 55. The minimum absolute atomic E-state index is 0.190. The van der Waals surface area contributed by atoms with Crippen molar-refractivity contribution < 1.29 is 35.4 Å². The Morgan fingerprint density at radius 3 is 1.12 bits per heavy atom. The number of nitrogens with zero attached hydrogens (tertiary/aromatic N) is 2. The molecule has 3 atom stereocenters. The van der Waals surface area contributed by atoms with Crippen molar-refractivity contribution >= 4 is 34.2 Å². The van der Waals surface area contributed by atoms with Gasteiger partial charge < -0.3 is 45.2 Å². The average Bonchev–Trinajstić information content (AvgIpc) is 3.74. The average molecular weight is 1110 g/mol. The summed E-state index contributed by atoms with van der Waals surface area (Å²) in [6.07, 6.45) is 42.8. The van der Waals surface area contributed by atoms with Gasteiger partial charge in [-0.05, 0) is 169 Å². The third kappa shape index (κ3) is 43.0. The maximum Gasteiger partial charge on any atom is 0.324 e. The number of likely N-dealkylation sites (tertiary alicyclic amines) is 1. The molecule has 1 fully saturated rings. The van der Waals surface area contributed by atoms with E-state index in [1.807, 2.05) is 0 Å². The van der Waals surface area contributed by atoms with Gasteiger partial charge in [-0.15, -0.1) is 0 Å². The van der Waals surface area contributed by atoms with Gasteiger partial charge in [0.05, 0.1) is 0 Å². The van der Waals surface area contributed by atoms with Gasteiger partial charge >= 0.3 is 34.2 Å². The molecule has 3 unspecified atom stereocenters. The maximum atomic E-state index is 6.77. The molecule has 0 spiro atoms. The summed E-state index contributed by atoms with van der Waals surface area (Å²) >= 11 is 0. The molecular weight excluding hydrogens is 977 g/mol. The van der Waals surface area contributed by atoms with Gasteiger partial charge in [0.2, 0.25) is 0 Å². The highest BCUT2D eigenvalue weighted by molar-refractivity contribution is 6.79. The Morgan fingerprint density at radius 1 is 0.411 bits per heavy atom. The number of ether oxygens (including phenoxy) is 2. The largest absolute Gasteiger partial charge is 0.415 e. The van der Waals surface area contributed by atoms with Gasteiger partial charge in [-0.1, -0.05) is 169 Å². The molecule has 0 aromatic carbocycles. The summed E-state index contributed by atoms with van der Waals surface area (Å²) in [6.45, 7) is 34.6. The van der Waals surface area contributed by atoms with E-state index >= 15 is 0 Å². The predicted octanol–water partition coefficient (Wildman–Crippen LogP) is 17.9. The highest BCUT2D eigenvalue weighted by Gasteiger charge is 2.39. The van der Waals surface area contributed by atoms with Crippen LogP contribution in [0.25, 0.3) is 0 Å². The summed E-state index contributed by atoms with van der Waals surface area (Å²) in [6, 6.07) is 0.745. The first-order valence-electron chi connectivity index (χ1n) is 31.7. The van der Waals surface area contributed by atoms with Gasteiger partial charge in [-0.25, -0.2) is 0 Å². The van der Waals surface area contributed by atoms with Crippen LogP contribution in [0.4, 0.5) is 0 Å². The number of hydrogen-bond acceptors (Lipinski definition) is 10. The van der Waals surface area contributed by atoms with Gasteiger partial charge in [-0.3, -0.25) is 0 Å². The zero-order valence-corrected chi connectivity index (χ0v) is 55.3. The summed E-state index contributed by atoms with van der Waals surface area (Å²) in [4.78, 5) is 5.38. The lowest BCUT2D eigenvalue weighted by Crippen LogP contribution is -2.50. The third-order valence-corrected chi connectivity index (χ3v) is 25.9. The molecule has 1 rings (SSSR count). The fourth-order valence-corrected chi connectivity index (χ4v) is 23.8. The molecule has 1 saturated heterocycles. The van der Waals surface area contributed by atoms with Gasteiger partial charge in [-0.2, -0.15) is 0 Å². The molecule has 1 heterocycles. The molecule has 0 aromatic rings. The maximum absolute atomic E-state index is 6.77.